The van der Waals surface area contributed by atoms with Crippen LogP contribution in [0.25, 0.3) is 5.65 Å². The minimum absolute atomic E-state index is 0.193. The van der Waals surface area contributed by atoms with Crippen LogP contribution in [0.5, 0.6) is 0 Å². The molecular weight excluding hydrogens is 310 g/mol. The van der Waals surface area contributed by atoms with Crippen molar-refractivity contribution in [2.75, 3.05) is 19.6 Å². The first-order valence-electron chi connectivity index (χ1n) is 7.90. The van der Waals surface area contributed by atoms with Crippen LogP contribution in [-0.2, 0) is 4.74 Å². The van der Waals surface area contributed by atoms with Gasteiger partial charge in [0.1, 0.15) is 11.6 Å². The van der Waals surface area contributed by atoms with Gasteiger partial charge in [0.2, 0.25) is 0 Å². The van der Waals surface area contributed by atoms with Crippen LogP contribution in [0.3, 0.4) is 0 Å². The van der Waals surface area contributed by atoms with Gasteiger partial charge in [-0.25, -0.2) is 14.3 Å². The van der Waals surface area contributed by atoms with E-state index in [2.05, 4.69) is 15.4 Å². The topological polar surface area (TPSA) is 88.8 Å². The molecule has 0 aromatic carbocycles. The van der Waals surface area contributed by atoms with Gasteiger partial charge in [0.05, 0.1) is 11.8 Å². The van der Waals surface area contributed by atoms with Crippen molar-refractivity contribution >= 4 is 17.5 Å². The van der Waals surface area contributed by atoms with Crippen molar-refractivity contribution in [1.29, 1.82) is 0 Å². The Morgan fingerprint density at radius 3 is 2.92 bits per heavy atom. The van der Waals surface area contributed by atoms with E-state index >= 15 is 0 Å². The van der Waals surface area contributed by atoms with Gasteiger partial charge in [0.25, 0.3) is 0 Å². The average Bonchev–Trinajstić information content (AvgIpc) is 2.96. The van der Waals surface area contributed by atoms with E-state index in [4.69, 9.17) is 4.74 Å². The van der Waals surface area contributed by atoms with Crippen LogP contribution < -0.4 is 5.32 Å². The molecule has 3 rings (SSSR count). The number of rotatable bonds is 2. The molecular formula is C16H21N5O3. The van der Waals surface area contributed by atoms with Gasteiger partial charge in [0, 0.05) is 32.0 Å². The molecule has 2 aromatic heterocycles. The number of hydrogen-bond donors (Lipinski definition) is 1. The van der Waals surface area contributed by atoms with Gasteiger partial charge in [-0.15, -0.1) is 0 Å². The first-order valence-corrected chi connectivity index (χ1v) is 7.90. The van der Waals surface area contributed by atoms with Gasteiger partial charge < -0.3 is 10.1 Å². The molecule has 1 fully saturated rings. The summed E-state index contributed by atoms with van der Waals surface area (Å²) in [6.45, 7) is 6.83. The van der Waals surface area contributed by atoms with Crippen molar-refractivity contribution < 1.29 is 14.3 Å². The van der Waals surface area contributed by atoms with Crippen molar-refractivity contribution in [3.8, 4) is 0 Å². The predicted octanol–water partition coefficient (Wildman–Crippen LogP) is 1.12. The van der Waals surface area contributed by atoms with Crippen LogP contribution in [0.1, 0.15) is 31.1 Å². The zero-order valence-corrected chi connectivity index (χ0v) is 14.0. The van der Waals surface area contributed by atoms with E-state index in [-0.39, 0.29) is 5.78 Å². The minimum Gasteiger partial charge on any atom is -0.444 e. The molecule has 8 heteroatoms. The van der Waals surface area contributed by atoms with E-state index in [0.717, 1.165) is 0 Å². The predicted molar refractivity (Wildman–Crippen MR) is 86.9 cm³/mol. The summed E-state index contributed by atoms with van der Waals surface area (Å²) in [5, 5.41) is 7.30. The van der Waals surface area contributed by atoms with E-state index in [1.54, 1.807) is 43.7 Å². The maximum atomic E-state index is 13.0. The number of nitrogens with one attached hydrogen (secondary N) is 1. The monoisotopic (exact) mass is 331 g/mol. The van der Waals surface area contributed by atoms with Crippen LogP contribution in [-0.4, -0.2) is 62.7 Å². The molecule has 1 N–H and O–H groups in total. The lowest BCUT2D eigenvalue weighted by atomic mass is 10.0. The number of piperazine rings is 1. The number of fused-ring (bicyclic) bond motifs is 1. The lowest BCUT2D eigenvalue weighted by Crippen LogP contribution is -2.57. The van der Waals surface area contributed by atoms with Gasteiger partial charge in [-0.1, -0.05) is 0 Å². The molecule has 2 aromatic rings. The molecule has 1 atom stereocenters. The Hall–Kier alpha value is -2.48. The molecule has 1 saturated heterocycles. The van der Waals surface area contributed by atoms with E-state index < -0.39 is 17.7 Å². The zero-order chi connectivity index (χ0) is 17.3. The largest absolute Gasteiger partial charge is 0.444 e. The number of Topliss-reactive ketones (excluding diaryl/α,β-unsaturated/α-hetero) is 1. The number of ether oxygens (including phenoxy) is 1. The Morgan fingerprint density at radius 2 is 2.17 bits per heavy atom. The molecule has 3 heterocycles. The molecule has 1 aliphatic rings. The van der Waals surface area contributed by atoms with Gasteiger partial charge in [-0.05, 0) is 26.8 Å². The standard InChI is InChI=1S/C16H21N5O3/c1-16(2,3)24-15(23)20-8-6-17-10-12(20)13(22)11-9-19-21-7-4-5-18-14(11)21/h4-5,7,9,12,17H,6,8,10H2,1-3H3. The molecule has 0 spiro atoms. The van der Waals surface area contributed by atoms with Gasteiger partial charge in [-0.2, -0.15) is 5.10 Å². The number of nitrogens with zero attached hydrogens (tertiary/aromatic N) is 4. The second-order valence-electron chi connectivity index (χ2n) is 6.70. The number of carbonyl (C=O) groups excluding carboxylic acids is 2. The summed E-state index contributed by atoms with van der Waals surface area (Å²) < 4.78 is 6.98. The number of aromatic nitrogens is 3. The van der Waals surface area contributed by atoms with Gasteiger partial charge in [0.15, 0.2) is 11.4 Å². The third kappa shape index (κ3) is 3.23. The van der Waals surface area contributed by atoms with Crippen LogP contribution in [0, 0.1) is 0 Å². The Labute approximate surface area is 139 Å². The fourth-order valence-electron chi connectivity index (χ4n) is 2.66. The minimum atomic E-state index is -0.636. The summed E-state index contributed by atoms with van der Waals surface area (Å²) in [5.74, 6) is -0.193. The smallest absolute Gasteiger partial charge is 0.411 e. The third-order valence-electron chi connectivity index (χ3n) is 3.72. The number of amides is 1. The Kier molecular flexibility index (Phi) is 4.23. The van der Waals surface area contributed by atoms with Crippen LogP contribution in [0.4, 0.5) is 4.79 Å². The highest BCUT2D eigenvalue weighted by Gasteiger charge is 2.36. The van der Waals surface area contributed by atoms with Crippen molar-refractivity contribution in [3.63, 3.8) is 0 Å². The highest BCUT2D eigenvalue weighted by Crippen LogP contribution is 2.18. The quantitative estimate of drug-likeness (QED) is 0.830. The van der Waals surface area contributed by atoms with Crippen molar-refractivity contribution in [2.45, 2.75) is 32.4 Å². The Balaban J connectivity index is 1.87. The zero-order valence-electron chi connectivity index (χ0n) is 14.0. The first-order chi connectivity index (χ1) is 11.4. The summed E-state index contributed by atoms with van der Waals surface area (Å²) in [5.41, 5.74) is 0.275. The van der Waals surface area contributed by atoms with Crippen molar-refractivity contribution in [3.05, 3.63) is 30.2 Å². The highest BCUT2D eigenvalue weighted by molar-refractivity contribution is 6.06. The molecule has 1 aliphatic heterocycles. The molecule has 24 heavy (non-hydrogen) atoms. The molecule has 0 saturated carbocycles. The van der Waals surface area contributed by atoms with E-state index in [0.29, 0.717) is 30.8 Å². The normalized spacial score (nSPS) is 18.6. The molecule has 8 nitrogen and oxygen atoms in total. The summed E-state index contributed by atoms with van der Waals surface area (Å²) in [7, 11) is 0. The Morgan fingerprint density at radius 1 is 1.38 bits per heavy atom. The fraction of sp³-hybridized carbons (Fsp3) is 0.500. The van der Waals surface area contributed by atoms with Crippen LogP contribution >= 0.6 is 0 Å². The maximum absolute atomic E-state index is 13.0. The van der Waals surface area contributed by atoms with E-state index in [1.165, 1.54) is 11.1 Å². The molecule has 0 bridgehead atoms. The van der Waals surface area contributed by atoms with E-state index in [9.17, 15) is 9.59 Å². The average molecular weight is 331 g/mol. The van der Waals surface area contributed by atoms with Crippen LogP contribution in [0.2, 0.25) is 0 Å². The fourth-order valence-corrected chi connectivity index (χ4v) is 2.66. The molecule has 128 valence electrons. The summed E-state index contributed by atoms with van der Waals surface area (Å²) >= 11 is 0. The lowest BCUT2D eigenvalue weighted by Gasteiger charge is -2.36. The van der Waals surface area contributed by atoms with Crippen molar-refractivity contribution in [2.24, 2.45) is 0 Å². The molecule has 1 amide bonds. The number of carbonyl (C=O) groups is 2. The maximum Gasteiger partial charge on any atom is 0.411 e. The SMILES string of the molecule is CC(C)(C)OC(=O)N1CCNCC1C(=O)c1cnn2cccnc12. The highest BCUT2D eigenvalue weighted by atomic mass is 16.6. The summed E-state index contributed by atoms with van der Waals surface area (Å²) in [6, 6.07) is 1.10. The number of ketones is 1. The second kappa shape index (κ2) is 6.20. The van der Waals surface area contributed by atoms with Crippen LogP contribution in [0.15, 0.2) is 24.7 Å². The Bertz CT molecular complexity index is 764. The lowest BCUT2D eigenvalue weighted by molar-refractivity contribution is 0.0125. The third-order valence-corrected chi connectivity index (χ3v) is 3.72. The second-order valence-corrected chi connectivity index (χ2v) is 6.70. The molecule has 1 unspecified atom stereocenters. The number of hydrogen-bond acceptors (Lipinski definition) is 6. The first kappa shape index (κ1) is 16.4. The molecule has 0 radical (unpaired) electrons. The summed E-state index contributed by atoms with van der Waals surface area (Å²) in [6.07, 6.45) is 4.35. The summed E-state index contributed by atoms with van der Waals surface area (Å²) in [4.78, 5) is 31.1. The molecule has 0 aliphatic carbocycles. The van der Waals surface area contributed by atoms with Crippen molar-refractivity contribution in [1.82, 2.24) is 24.8 Å². The van der Waals surface area contributed by atoms with E-state index in [1.807, 2.05) is 0 Å². The van der Waals surface area contributed by atoms with Gasteiger partial charge in [-0.3, -0.25) is 9.69 Å². The van der Waals surface area contributed by atoms with Gasteiger partial charge >= 0.3 is 6.09 Å².